The standard InChI is InChI=1S/C20H22O/c1-21-19-14-12-18(13-15-19)20(17-10-11-17)9-5-8-16-6-3-2-4-7-16/h2-4,6-7,9,12-15,17H,5,8,10-11H2,1H3. The molecule has 0 atom stereocenters. The number of ether oxygens (including phenoxy) is 1. The molecule has 1 aliphatic rings. The second-order valence-electron chi connectivity index (χ2n) is 5.69. The SMILES string of the molecule is COc1ccc(C(=CCCc2ccccc2)C2CC2)cc1. The van der Waals surface area contributed by atoms with Gasteiger partial charge in [0, 0.05) is 0 Å². The highest BCUT2D eigenvalue weighted by Gasteiger charge is 2.26. The maximum atomic E-state index is 5.24. The molecule has 0 unspecified atom stereocenters. The van der Waals surface area contributed by atoms with E-state index in [2.05, 4.69) is 60.7 Å². The Bertz CT molecular complexity index is 591. The highest BCUT2D eigenvalue weighted by molar-refractivity contribution is 5.69. The van der Waals surface area contributed by atoms with E-state index in [0.717, 1.165) is 24.5 Å². The van der Waals surface area contributed by atoms with Gasteiger partial charge in [0.25, 0.3) is 0 Å². The predicted octanol–water partition coefficient (Wildman–Crippen LogP) is 5.12. The molecule has 1 nitrogen and oxygen atoms in total. The molecule has 0 bridgehead atoms. The van der Waals surface area contributed by atoms with Crippen molar-refractivity contribution in [1.82, 2.24) is 0 Å². The molecule has 2 aromatic carbocycles. The zero-order valence-electron chi connectivity index (χ0n) is 12.6. The van der Waals surface area contributed by atoms with E-state index in [1.165, 1.54) is 29.5 Å². The van der Waals surface area contributed by atoms with Gasteiger partial charge < -0.3 is 4.74 Å². The summed E-state index contributed by atoms with van der Waals surface area (Å²) >= 11 is 0. The van der Waals surface area contributed by atoms with Crippen LogP contribution in [0.3, 0.4) is 0 Å². The van der Waals surface area contributed by atoms with Crippen molar-refractivity contribution in [3.05, 3.63) is 71.8 Å². The summed E-state index contributed by atoms with van der Waals surface area (Å²) < 4.78 is 5.24. The van der Waals surface area contributed by atoms with E-state index < -0.39 is 0 Å². The minimum atomic E-state index is 0.772. The molecular formula is C20H22O. The molecule has 108 valence electrons. The molecule has 1 heteroatoms. The monoisotopic (exact) mass is 278 g/mol. The molecule has 1 aliphatic carbocycles. The summed E-state index contributed by atoms with van der Waals surface area (Å²) in [7, 11) is 1.71. The van der Waals surface area contributed by atoms with Crippen molar-refractivity contribution in [1.29, 1.82) is 0 Å². The first-order chi connectivity index (χ1) is 10.4. The number of methoxy groups -OCH3 is 1. The van der Waals surface area contributed by atoms with Gasteiger partial charge >= 0.3 is 0 Å². The van der Waals surface area contributed by atoms with E-state index in [-0.39, 0.29) is 0 Å². The van der Waals surface area contributed by atoms with E-state index >= 15 is 0 Å². The van der Waals surface area contributed by atoms with Crippen LogP contribution in [0.5, 0.6) is 5.75 Å². The molecule has 0 aromatic heterocycles. The maximum absolute atomic E-state index is 5.24. The Morgan fingerprint density at radius 2 is 1.76 bits per heavy atom. The summed E-state index contributed by atoms with van der Waals surface area (Å²) in [6.45, 7) is 0. The summed E-state index contributed by atoms with van der Waals surface area (Å²) in [6.07, 6.45) is 7.34. The molecule has 2 aromatic rings. The van der Waals surface area contributed by atoms with E-state index in [0.29, 0.717) is 0 Å². The largest absolute Gasteiger partial charge is 0.497 e. The van der Waals surface area contributed by atoms with Crippen LogP contribution < -0.4 is 4.74 Å². The van der Waals surface area contributed by atoms with Crippen LogP contribution in [0.1, 0.15) is 30.4 Å². The van der Waals surface area contributed by atoms with Gasteiger partial charge in [-0.25, -0.2) is 0 Å². The highest BCUT2D eigenvalue weighted by Crippen LogP contribution is 2.42. The van der Waals surface area contributed by atoms with E-state index in [1.807, 2.05) is 0 Å². The molecule has 0 aliphatic heterocycles. The average molecular weight is 278 g/mol. The van der Waals surface area contributed by atoms with Crippen molar-refractivity contribution in [2.45, 2.75) is 25.7 Å². The molecule has 0 heterocycles. The van der Waals surface area contributed by atoms with Crippen LogP contribution in [-0.2, 0) is 6.42 Å². The van der Waals surface area contributed by atoms with Crippen molar-refractivity contribution in [3.8, 4) is 5.75 Å². The molecule has 0 spiro atoms. The van der Waals surface area contributed by atoms with Gasteiger partial charge in [-0.15, -0.1) is 0 Å². The van der Waals surface area contributed by atoms with Crippen LogP contribution in [0.4, 0.5) is 0 Å². The molecule has 0 saturated heterocycles. The molecule has 1 fully saturated rings. The first kappa shape index (κ1) is 13.9. The lowest BCUT2D eigenvalue weighted by molar-refractivity contribution is 0.415. The zero-order chi connectivity index (χ0) is 14.5. The Morgan fingerprint density at radius 3 is 2.38 bits per heavy atom. The second-order valence-corrected chi connectivity index (χ2v) is 5.69. The van der Waals surface area contributed by atoms with Crippen molar-refractivity contribution >= 4 is 5.57 Å². The average Bonchev–Trinajstić information content (AvgIpc) is 3.38. The summed E-state index contributed by atoms with van der Waals surface area (Å²) in [4.78, 5) is 0. The first-order valence-corrected chi connectivity index (χ1v) is 7.75. The fourth-order valence-corrected chi connectivity index (χ4v) is 2.74. The van der Waals surface area contributed by atoms with Gasteiger partial charge in [0.15, 0.2) is 0 Å². The third-order valence-electron chi connectivity index (χ3n) is 4.08. The quantitative estimate of drug-likeness (QED) is 0.712. The van der Waals surface area contributed by atoms with Gasteiger partial charge in [-0.3, -0.25) is 0 Å². The number of hydrogen-bond donors (Lipinski definition) is 0. The van der Waals surface area contributed by atoms with Crippen LogP contribution in [0, 0.1) is 5.92 Å². The topological polar surface area (TPSA) is 9.23 Å². The molecule has 1 saturated carbocycles. The molecule has 0 N–H and O–H groups in total. The van der Waals surface area contributed by atoms with Gasteiger partial charge in [-0.05, 0) is 60.4 Å². The van der Waals surface area contributed by atoms with Crippen molar-refractivity contribution in [2.24, 2.45) is 5.92 Å². The lowest BCUT2D eigenvalue weighted by atomic mass is 9.98. The Balaban J connectivity index is 1.70. The van der Waals surface area contributed by atoms with Crippen LogP contribution in [0.25, 0.3) is 5.57 Å². The summed E-state index contributed by atoms with van der Waals surface area (Å²) in [6, 6.07) is 19.2. The van der Waals surface area contributed by atoms with Gasteiger partial charge in [0.05, 0.1) is 7.11 Å². The molecule has 0 radical (unpaired) electrons. The lowest BCUT2D eigenvalue weighted by Crippen LogP contribution is -1.90. The minimum absolute atomic E-state index is 0.772. The van der Waals surface area contributed by atoms with Crippen LogP contribution in [0.15, 0.2) is 60.7 Å². The molecule has 3 rings (SSSR count). The Hall–Kier alpha value is -2.02. The van der Waals surface area contributed by atoms with Gasteiger partial charge in [0.1, 0.15) is 5.75 Å². The number of allylic oxidation sites excluding steroid dienone is 2. The normalized spacial score (nSPS) is 15.0. The number of aryl methyl sites for hydroxylation is 1. The van der Waals surface area contributed by atoms with Gasteiger partial charge in [-0.1, -0.05) is 48.5 Å². The Kier molecular flexibility index (Phi) is 4.40. The van der Waals surface area contributed by atoms with Crippen molar-refractivity contribution in [3.63, 3.8) is 0 Å². The lowest BCUT2D eigenvalue weighted by Gasteiger charge is -2.08. The fraction of sp³-hybridized carbons (Fsp3) is 0.300. The van der Waals surface area contributed by atoms with E-state index in [1.54, 1.807) is 7.11 Å². The number of rotatable bonds is 6. The Morgan fingerprint density at radius 1 is 1.05 bits per heavy atom. The van der Waals surface area contributed by atoms with E-state index in [4.69, 9.17) is 4.74 Å². The van der Waals surface area contributed by atoms with Crippen LogP contribution >= 0.6 is 0 Å². The van der Waals surface area contributed by atoms with Gasteiger partial charge in [0.2, 0.25) is 0 Å². The van der Waals surface area contributed by atoms with Crippen molar-refractivity contribution < 1.29 is 4.74 Å². The third-order valence-corrected chi connectivity index (χ3v) is 4.08. The molecular weight excluding hydrogens is 256 g/mol. The smallest absolute Gasteiger partial charge is 0.118 e. The van der Waals surface area contributed by atoms with Gasteiger partial charge in [-0.2, -0.15) is 0 Å². The summed E-state index contributed by atoms with van der Waals surface area (Å²) in [5.74, 6) is 1.70. The maximum Gasteiger partial charge on any atom is 0.118 e. The Labute approximate surface area is 127 Å². The summed E-state index contributed by atoms with van der Waals surface area (Å²) in [5, 5.41) is 0. The highest BCUT2D eigenvalue weighted by atomic mass is 16.5. The minimum Gasteiger partial charge on any atom is -0.497 e. The van der Waals surface area contributed by atoms with Crippen molar-refractivity contribution in [2.75, 3.05) is 7.11 Å². The third kappa shape index (κ3) is 3.75. The number of hydrogen-bond acceptors (Lipinski definition) is 1. The summed E-state index contributed by atoms with van der Waals surface area (Å²) in [5.41, 5.74) is 4.29. The zero-order valence-corrected chi connectivity index (χ0v) is 12.6. The number of benzene rings is 2. The molecule has 21 heavy (non-hydrogen) atoms. The molecule has 0 amide bonds. The van der Waals surface area contributed by atoms with E-state index in [9.17, 15) is 0 Å². The predicted molar refractivity (Wildman–Crippen MR) is 88.5 cm³/mol. The fourth-order valence-electron chi connectivity index (χ4n) is 2.74. The van der Waals surface area contributed by atoms with Crippen LogP contribution in [0.2, 0.25) is 0 Å². The second kappa shape index (κ2) is 6.62. The van der Waals surface area contributed by atoms with Crippen LogP contribution in [-0.4, -0.2) is 7.11 Å². The first-order valence-electron chi connectivity index (χ1n) is 7.75.